The van der Waals surface area contributed by atoms with Gasteiger partial charge in [-0.15, -0.1) is 0 Å². The lowest BCUT2D eigenvalue weighted by atomic mass is 10.0. The zero-order valence-electron chi connectivity index (χ0n) is 16.4. The molecular formula is C21H29N3O2S. The number of nitrogens with zero attached hydrogens (tertiary/aromatic N) is 1. The number of aromatic nitrogens is 1. The minimum Gasteiger partial charge on any atom is -0.383 e. The summed E-state index contributed by atoms with van der Waals surface area (Å²) >= 11 is 5.65. The predicted molar refractivity (Wildman–Crippen MR) is 114 cm³/mol. The molecule has 2 N–H and O–H groups in total. The molecule has 0 saturated heterocycles. The number of aryl methyl sites for hydroxylation is 2. The van der Waals surface area contributed by atoms with E-state index in [0.717, 1.165) is 29.3 Å². The van der Waals surface area contributed by atoms with Crippen molar-refractivity contribution in [2.75, 3.05) is 20.3 Å². The van der Waals surface area contributed by atoms with Crippen LogP contribution in [0, 0.1) is 13.8 Å². The highest BCUT2D eigenvalue weighted by Crippen LogP contribution is 2.25. The van der Waals surface area contributed by atoms with Crippen LogP contribution in [0.15, 0.2) is 23.0 Å². The van der Waals surface area contributed by atoms with Gasteiger partial charge in [-0.3, -0.25) is 4.79 Å². The van der Waals surface area contributed by atoms with Gasteiger partial charge in [0.25, 0.3) is 5.56 Å². The molecule has 1 aromatic carbocycles. The molecule has 0 bridgehead atoms. The van der Waals surface area contributed by atoms with Crippen LogP contribution in [0.5, 0.6) is 0 Å². The molecule has 1 heterocycles. The van der Waals surface area contributed by atoms with E-state index in [1.807, 2.05) is 12.1 Å². The van der Waals surface area contributed by atoms with Crippen LogP contribution in [-0.4, -0.2) is 41.3 Å². The Morgan fingerprint density at radius 2 is 1.96 bits per heavy atom. The van der Waals surface area contributed by atoms with E-state index in [1.165, 1.54) is 24.0 Å². The molecule has 0 radical (unpaired) electrons. The van der Waals surface area contributed by atoms with Crippen LogP contribution < -0.4 is 10.9 Å². The molecule has 6 heteroatoms. The first-order valence-corrected chi connectivity index (χ1v) is 10.1. The molecule has 0 atom stereocenters. The number of aromatic amines is 1. The second-order valence-electron chi connectivity index (χ2n) is 7.44. The van der Waals surface area contributed by atoms with Crippen LogP contribution in [0.1, 0.15) is 42.4 Å². The van der Waals surface area contributed by atoms with Crippen LogP contribution in [0.2, 0.25) is 0 Å². The summed E-state index contributed by atoms with van der Waals surface area (Å²) in [5.74, 6) is 0. The fourth-order valence-electron chi connectivity index (χ4n) is 3.77. The Morgan fingerprint density at radius 3 is 2.67 bits per heavy atom. The average molecular weight is 388 g/mol. The van der Waals surface area contributed by atoms with Crippen LogP contribution in [0.25, 0.3) is 10.9 Å². The van der Waals surface area contributed by atoms with Gasteiger partial charge in [0, 0.05) is 30.8 Å². The number of H-pyrrole nitrogens is 1. The number of ether oxygens (including phenoxy) is 1. The van der Waals surface area contributed by atoms with Crippen molar-refractivity contribution in [3.05, 3.63) is 45.2 Å². The summed E-state index contributed by atoms with van der Waals surface area (Å²) in [5, 5.41) is 5.05. The number of benzene rings is 1. The van der Waals surface area contributed by atoms with E-state index in [1.54, 1.807) is 7.11 Å². The van der Waals surface area contributed by atoms with Crippen molar-refractivity contribution in [2.45, 2.75) is 52.1 Å². The minimum atomic E-state index is -0.0339. The molecule has 3 rings (SSSR count). The lowest BCUT2D eigenvalue weighted by Gasteiger charge is -2.31. The molecule has 5 nitrogen and oxygen atoms in total. The summed E-state index contributed by atoms with van der Waals surface area (Å²) in [5.41, 5.74) is 4.02. The van der Waals surface area contributed by atoms with Gasteiger partial charge in [0.1, 0.15) is 0 Å². The maximum Gasteiger partial charge on any atom is 0.253 e. The lowest BCUT2D eigenvalue weighted by Crippen LogP contribution is -2.46. The third-order valence-corrected chi connectivity index (χ3v) is 5.86. The van der Waals surface area contributed by atoms with E-state index in [9.17, 15) is 4.79 Å². The van der Waals surface area contributed by atoms with Crippen LogP contribution >= 0.6 is 12.2 Å². The van der Waals surface area contributed by atoms with Crippen molar-refractivity contribution in [3.8, 4) is 0 Å². The Bertz CT molecular complexity index is 872. The molecule has 1 aliphatic carbocycles. The van der Waals surface area contributed by atoms with Crippen LogP contribution in [0.3, 0.4) is 0 Å². The van der Waals surface area contributed by atoms with Gasteiger partial charge < -0.3 is 19.9 Å². The van der Waals surface area contributed by atoms with E-state index in [2.05, 4.69) is 35.1 Å². The van der Waals surface area contributed by atoms with Crippen molar-refractivity contribution in [2.24, 2.45) is 0 Å². The van der Waals surface area contributed by atoms with Crippen molar-refractivity contribution in [1.82, 2.24) is 15.2 Å². The maximum absolute atomic E-state index is 12.7. The molecule has 2 aromatic rings. The van der Waals surface area contributed by atoms with Gasteiger partial charge in [0.05, 0.1) is 13.2 Å². The van der Waals surface area contributed by atoms with Gasteiger partial charge in [0.15, 0.2) is 5.11 Å². The van der Waals surface area contributed by atoms with E-state index in [-0.39, 0.29) is 5.56 Å². The van der Waals surface area contributed by atoms with Crippen molar-refractivity contribution >= 4 is 28.2 Å². The Balaban J connectivity index is 1.88. The van der Waals surface area contributed by atoms with Crippen molar-refractivity contribution in [3.63, 3.8) is 0 Å². The van der Waals surface area contributed by atoms with Gasteiger partial charge in [-0.2, -0.15) is 0 Å². The number of hydrogen-bond acceptors (Lipinski definition) is 3. The molecule has 1 aromatic heterocycles. The molecule has 1 saturated carbocycles. The highest BCUT2D eigenvalue weighted by atomic mass is 32.1. The number of fused-ring (bicyclic) bond motifs is 1. The number of thiocarbonyl (C=S) groups is 1. The maximum atomic E-state index is 12.7. The molecule has 27 heavy (non-hydrogen) atoms. The molecule has 0 aliphatic heterocycles. The summed E-state index contributed by atoms with van der Waals surface area (Å²) in [6, 6.07) is 6.59. The molecule has 0 spiro atoms. The Labute approximate surface area is 166 Å². The molecule has 0 amide bonds. The highest BCUT2D eigenvalue weighted by Gasteiger charge is 2.25. The number of pyridine rings is 1. The molecule has 1 fully saturated rings. The highest BCUT2D eigenvalue weighted by molar-refractivity contribution is 7.80. The first kappa shape index (κ1) is 19.8. The Kier molecular flexibility index (Phi) is 6.50. The lowest BCUT2D eigenvalue weighted by molar-refractivity contribution is 0.201. The zero-order valence-corrected chi connectivity index (χ0v) is 17.2. The van der Waals surface area contributed by atoms with E-state index >= 15 is 0 Å². The average Bonchev–Trinajstić information content (AvgIpc) is 3.16. The first-order valence-electron chi connectivity index (χ1n) is 9.66. The SMILES string of the molecule is COCCNC(=S)N(Cc1cc2cc(C)c(C)cc2[nH]c1=O)C1CCCC1. The molecule has 0 unspecified atom stereocenters. The van der Waals surface area contributed by atoms with E-state index < -0.39 is 0 Å². The first-order chi connectivity index (χ1) is 13.0. The zero-order chi connectivity index (χ0) is 19.4. The molecule has 1 aliphatic rings. The standard InChI is InChI=1S/C21H29N3O2S/c1-14-10-16-12-17(20(25)23-19(16)11-15(14)2)13-24(18-6-4-5-7-18)21(27)22-8-9-26-3/h10-12,18H,4-9,13H2,1-3H3,(H,22,27)(H,23,25). The number of rotatable bonds is 6. The fourth-order valence-corrected chi connectivity index (χ4v) is 4.08. The normalized spacial score (nSPS) is 14.6. The van der Waals surface area contributed by atoms with Gasteiger partial charge in [-0.25, -0.2) is 0 Å². The van der Waals surface area contributed by atoms with Crippen LogP contribution in [0.4, 0.5) is 0 Å². The minimum absolute atomic E-state index is 0.0339. The second kappa shape index (κ2) is 8.85. The van der Waals surface area contributed by atoms with Gasteiger partial charge in [-0.1, -0.05) is 12.8 Å². The predicted octanol–water partition coefficient (Wildman–Crippen LogP) is 3.41. The summed E-state index contributed by atoms with van der Waals surface area (Å²) in [4.78, 5) is 17.9. The fraction of sp³-hybridized carbons (Fsp3) is 0.524. The van der Waals surface area contributed by atoms with E-state index in [0.29, 0.717) is 30.9 Å². The van der Waals surface area contributed by atoms with E-state index in [4.69, 9.17) is 17.0 Å². The third-order valence-electron chi connectivity index (χ3n) is 5.48. The summed E-state index contributed by atoms with van der Waals surface area (Å²) in [7, 11) is 1.68. The number of hydrogen-bond donors (Lipinski definition) is 2. The number of methoxy groups -OCH3 is 1. The van der Waals surface area contributed by atoms with Gasteiger partial charge in [-0.05, 0) is 73.6 Å². The van der Waals surface area contributed by atoms with Gasteiger partial charge >= 0.3 is 0 Å². The Hall–Kier alpha value is -1.92. The largest absolute Gasteiger partial charge is 0.383 e. The summed E-state index contributed by atoms with van der Waals surface area (Å²) in [6.07, 6.45) is 4.68. The van der Waals surface area contributed by atoms with Crippen LogP contribution in [-0.2, 0) is 11.3 Å². The van der Waals surface area contributed by atoms with Crippen molar-refractivity contribution < 1.29 is 4.74 Å². The molecular weight excluding hydrogens is 358 g/mol. The monoisotopic (exact) mass is 387 g/mol. The summed E-state index contributed by atoms with van der Waals surface area (Å²) in [6.45, 7) is 5.97. The third kappa shape index (κ3) is 4.68. The smallest absolute Gasteiger partial charge is 0.253 e. The second-order valence-corrected chi connectivity index (χ2v) is 7.83. The topological polar surface area (TPSA) is 57.4 Å². The van der Waals surface area contributed by atoms with Crippen molar-refractivity contribution in [1.29, 1.82) is 0 Å². The quantitative estimate of drug-likeness (QED) is 0.588. The number of nitrogens with one attached hydrogen (secondary N) is 2. The van der Waals surface area contributed by atoms with Gasteiger partial charge in [0.2, 0.25) is 0 Å². The molecule has 146 valence electrons. The Morgan fingerprint density at radius 1 is 1.26 bits per heavy atom. The summed E-state index contributed by atoms with van der Waals surface area (Å²) < 4.78 is 5.11.